The van der Waals surface area contributed by atoms with Crippen LogP contribution >= 0.6 is 11.6 Å². The second-order valence-corrected chi connectivity index (χ2v) is 6.45. The first-order valence-electron chi connectivity index (χ1n) is 8.54. The van der Waals surface area contributed by atoms with Gasteiger partial charge < -0.3 is 23.7 Å². The van der Waals surface area contributed by atoms with Gasteiger partial charge in [-0.15, -0.1) is 0 Å². The number of furan rings is 1. The highest BCUT2D eigenvalue weighted by Crippen LogP contribution is 2.36. The van der Waals surface area contributed by atoms with Crippen molar-refractivity contribution >= 4 is 23.4 Å². The molecule has 0 radical (unpaired) electrons. The van der Waals surface area contributed by atoms with Crippen LogP contribution in [0.1, 0.15) is 16.1 Å². The summed E-state index contributed by atoms with van der Waals surface area (Å²) in [5.41, 5.74) is 0.331. The number of hydrogen-bond acceptors (Lipinski definition) is 6. The number of piperazine rings is 1. The van der Waals surface area contributed by atoms with E-state index in [2.05, 4.69) is 0 Å². The fourth-order valence-electron chi connectivity index (χ4n) is 2.86. The minimum atomic E-state index is -0.229. The molecule has 2 aromatic rings. The molecule has 3 rings (SSSR count). The van der Waals surface area contributed by atoms with Gasteiger partial charge in [0.2, 0.25) is 0 Å². The SMILES string of the molecule is COc1cc(C#N)cc(Cl)c1OCC(=O)N1CCN(C(=O)c2ccco2)CC1. The predicted molar refractivity (Wildman–Crippen MR) is 99.4 cm³/mol. The first-order valence-corrected chi connectivity index (χ1v) is 8.92. The van der Waals surface area contributed by atoms with Crippen molar-refractivity contribution in [3.05, 3.63) is 46.9 Å². The summed E-state index contributed by atoms with van der Waals surface area (Å²) in [6.07, 6.45) is 1.45. The third-order valence-corrected chi connectivity index (χ3v) is 4.63. The lowest BCUT2D eigenvalue weighted by molar-refractivity contribution is -0.134. The molecule has 0 unspecified atom stereocenters. The lowest BCUT2D eigenvalue weighted by Crippen LogP contribution is -2.51. The Morgan fingerprint density at radius 2 is 1.96 bits per heavy atom. The van der Waals surface area contributed by atoms with Gasteiger partial charge in [0.1, 0.15) is 0 Å². The number of amides is 2. The number of nitrogens with zero attached hydrogens (tertiary/aromatic N) is 3. The molecule has 0 atom stereocenters. The Morgan fingerprint density at radius 3 is 2.57 bits per heavy atom. The van der Waals surface area contributed by atoms with Gasteiger partial charge in [0.05, 0.1) is 30.0 Å². The van der Waals surface area contributed by atoms with Crippen LogP contribution in [0, 0.1) is 11.3 Å². The Balaban J connectivity index is 1.56. The fourth-order valence-corrected chi connectivity index (χ4v) is 3.13. The van der Waals surface area contributed by atoms with Crippen LogP contribution in [0.2, 0.25) is 5.02 Å². The molecule has 1 aliphatic heterocycles. The van der Waals surface area contributed by atoms with Crippen LogP contribution in [0.5, 0.6) is 11.5 Å². The molecule has 2 amide bonds. The number of ether oxygens (including phenoxy) is 2. The highest BCUT2D eigenvalue weighted by molar-refractivity contribution is 6.32. The molecule has 0 bridgehead atoms. The Morgan fingerprint density at radius 1 is 1.25 bits per heavy atom. The zero-order valence-corrected chi connectivity index (χ0v) is 15.9. The van der Waals surface area contributed by atoms with Gasteiger partial charge in [0.15, 0.2) is 23.9 Å². The van der Waals surface area contributed by atoms with Crippen LogP contribution in [0.4, 0.5) is 0 Å². The van der Waals surface area contributed by atoms with E-state index in [-0.39, 0.29) is 40.7 Å². The highest BCUT2D eigenvalue weighted by atomic mass is 35.5. The van der Waals surface area contributed by atoms with E-state index in [9.17, 15) is 9.59 Å². The summed E-state index contributed by atoms with van der Waals surface area (Å²) >= 11 is 6.13. The fraction of sp³-hybridized carbons (Fsp3) is 0.316. The van der Waals surface area contributed by atoms with E-state index < -0.39 is 0 Å². The maximum Gasteiger partial charge on any atom is 0.289 e. The lowest BCUT2D eigenvalue weighted by Gasteiger charge is -2.34. The van der Waals surface area contributed by atoms with Gasteiger partial charge in [-0.2, -0.15) is 5.26 Å². The number of carbonyl (C=O) groups is 2. The van der Waals surface area contributed by atoms with Crippen molar-refractivity contribution < 1.29 is 23.5 Å². The molecule has 1 aromatic heterocycles. The molecule has 28 heavy (non-hydrogen) atoms. The summed E-state index contributed by atoms with van der Waals surface area (Å²) < 4.78 is 15.9. The number of hydrogen-bond donors (Lipinski definition) is 0. The van der Waals surface area contributed by atoms with E-state index in [1.165, 1.54) is 25.5 Å². The van der Waals surface area contributed by atoms with Crippen molar-refractivity contribution in [2.75, 3.05) is 39.9 Å². The predicted octanol–water partition coefficient (Wildman–Crippen LogP) is 2.18. The molecule has 146 valence electrons. The second kappa shape index (κ2) is 8.67. The molecular formula is C19H18ClN3O5. The van der Waals surface area contributed by atoms with E-state index >= 15 is 0 Å². The van der Waals surface area contributed by atoms with Gasteiger partial charge in [0, 0.05) is 32.2 Å². The van der Waals surface area contributed by atoms with Gasteiger partial charge in [-0.25, -0.2) is 0 Å². The number of rotatable bonds is 5. The second-order valence-electron chi connectivity index (χ2n) is 6.04. The van der Waals surface area contributed by atoms with Gasteiger partial charge in [-0.3, -0.25) is 9.59 Å². The smallest absolute Gasteiger partial charge is 0.289 e. The molecule has 1 aliphatic rings. The summed E-state index contributed by atoms with van der Waals surface area (Å²) in [4.78, 5) is 28.0. The van der Waals surface area contributed by atoms with Crippen LogP contribution in [0.15, 0.2) is 34.9 Å². The summed E-state index contributed by atoms with van der Waals surface area (Å²) in [6, 6.07) is 8.19. The molecule has 0 N–H and O–H groups in total. The zero-order chi connectivity index (χ0) is 20.1. The molecule has 1 fully saturated rings. The van der Waals surface area contributed by atoms with Crippen molar-refractivity contribution in [1.29, 1.82) is 5.26 Å². The standard InChI is InChI=1S/C19H18ClN3O5/c1-26-16-10-13(11-21)9-14(20)18(16)28-12-17(24)22-4-6-23(7-5-22)19(25)15-3-2-8-27-15/h2-3,8-10H,4-7,12H2,1H3. The molecule has 9 heteroatoms. The molecule has 2 heterocycles. The van der Waals surface area contributed by atoms with E-state index in [4.69, 9.17) is 30.8 Å². The van der Waals surface area contributed by atoms with E-state index in [1.54, 1.807) is 21.9 Å². The van der Waals surface area contributed by atoms with Crippen LogP contribution in [0.25, 0.3) is 0 Å². The quantitative estimate of drug-likeness (QED) is 0.759. The molecule has 8 nitrogen and oxygen atoms in total. The molecule has 0 spiro atoms. The summed E-state index contributed by atoms with van der Waals surface area (Å²) in [6.45, 7) is 1.38. The third-order valence-electron chi connectivity index (χ3n) is 4.35. The van der Waals surface area contributed by atoms with Crippen LogP contribution < -0.4 is 9.47 Å². The number of nitriles is 1. The molecular weight excluding hydrogens is 386 g/mol. The Hall–Kier alpha value is -3.18. The number of carbonyl (C=O) groups excluding carboxylic acids is 2. The Bertz CT molecular complexity index is 899. The minimum Gasteiger partial charge on any atom is -0.493 e. The molecule has 0 aliphatic carbocycles. The Kier molecular flexibility index (Phi) is 6.06. The lowest BCUT2D eigenvalue weighted by atomic mass is 10.2. The number of halogens is 1. The van der Waals surface area contributed by atoms with Crippen molar-refractivity contribution in [2.24, 2.45) is 0 Å². The molecule has 1 aromatic carbocycles. The normalized spacial score (nSPS) is 13.8. The first-order chi connectivity index (χ1) is 13.5. The van der Waals surface area contributed by atoms with Crippen molar-refractivity contribution in [1.82, 2.24) is 9.80 Å². The third kappa shape index (κ3) is 4.21. The monoisotopic (exact) mass is 403 g/mol. The molecule has 1 saturated heterocycles. The van der Waals surface area contributed by atoms with Crippen LogP contribution in [-0.4, -0.2) is 61.5 Å². The van der Waals surface area contributed by atoms with E-state index in [0.717, 1.165) is 0 Å². The number of benzene rings is 1. The Labute approximate surface area is 166 Å². The maximum atomic E-state index is 12.5. The highest BCUT2D eigenvalue weighted by Gasteiger charge is 2.26. The van der Waals surface area contributed by atoms with Crippen molar-refractivity contribution in [3.63, 3.8) is 0 Å². The summed E-state index contributed by atoms with van der Waals surface area (Å²) in [5.74, 6) is 0.356. The average molecular weight is 404 g/mol. The molecule has 0 saturated carbocycles. The van der Waals surface area contributed by atoms with Crippen molar-refractivity contribution in [3.8, 4) is 17.6 Å². The maximum absolute atomic E-state index is 12.5. The average Bonchev–Trinajstić information content (AvgIpc) is 3.26. The van der Waals surface area contributed by atoms with E-state index in [0.29, 0.717) is 31.7 Å². The number of methoxy groups -OCH3 is 1. The zero-order valence-electron chi connectivity index (χ0n) is 15.2. The first kappa shape index (κ1) is 19.6. The van der Waals surface area contributed by atoms with Gasteiger partial charge in [-0.1, -0.05) is 11.6 Å². The van der Waals surface area contributed by atoms with E-state index in [1.807, 2.05) is 6.07 Å². The van der Waals surface area contributed by atoms with Gasteiger partial charge >= 0.3 is 0 Å². The van der Waals surface area contributed by atoms with Crippen LogP contribution in [-0.2, 0) is 4.79 Å². The minimum absolute atomic E-state index is 0.192. The van der Waals surface area contributed by atoms with Crippen LogP contribution in [0.3, 0.4) is 0 Å². The van der Waals surface area contributed by atoms with Gasteiger partial charge in [-0.05, 0) is 18.2 Å². The van der Waals surface area contributed by atoms with Crippen molar-refractivity contribution in [2.45, 2.75) is 0 Å². The summed E-state index contributed by atoms with van der Waals surface area (Å²) in [5, 5.41) is 9.17. The topological polar surface area (TPSA) is 96.0 Å². The largest absolute Gasteiger partial charge is 0.493 e. The van der Waals surface area contributed by atoms with Gasteiger partial charge in [0.25, 0.3) is 11.8 Å². The summed E-state index contributed by atoms with van der Waals surface area (Å²) in [7, 11) is 1.43.